The number of allylic oxidation sites excluding steroid dienone is 1. The van der Waals surface area contributed by atoms with E-state index >= 15 is 0 Å². The van der Waals surface area contributed by atoms with Gasteiger partial charge in [0.2, 0.25) is 11.8 Å². The van der Waals surface area contributed by atoms with E-state index in [-0.39, 0.29) is 29.6 Å². The first-order chi connectivity index (χ1) is 18.0. The number of aliphatic hydroxyl groups is 1. The highest BCUT2D eigenvalue weighted by Gasteiger charge is 2.74. The topological polar surface area (TPSA) is 87.2 Å². The van der Waals surface area contributed by atoms with Crippen LogP contribution in [0.5, 0.6) is 0 Å². The molecule has 37 heavy (non-hydrogen) atoms. The van der Waals surface area contributed by atoms with Gasteiger partial charge in [-0.25, -0.2) is 0 Å². The standard InChI is InChI=1S/C29H46N2O5S/c1-4-7-9-14-21-36-28(35)23-22-15-16-29(37-22)24(23)26(33)31(19-12-10-11-13-20-32)25(29)27(34)30(17-6-3)18-8-5-2/h4,6,22-25,32H,1,3,5,7-21H2,2H3/t22-,23+,24-,25?,29?/m0/s1. The lowest BCUT2D eigenvalue weighted by molar-refractivity contribution is -0.154. The molecule has 0 aromatic carbocycles. The smallest absolute Gasteiger partial charge is 0.310 e. The fraction of sp³-hybridized carbons (Fsp3) is 0.759. The lowest BCUT2D eigenvalue weighted by Gasteiger charge is -2.37. The highest BCUT2D eigenvalue weighted by molar-refractivity contribution is 8.02. The van der Waals surface area contributed by atoms with E-state index < -0.39 is 22.6 Å². The summed E-state index contributed by atoms with van der Waals surface area (Å²) in [5.74, 6) is -1.33. The average Bonchev–Trinajstić information content (AvgIpc) is 3.53. The van der Waals surface area contributed by atoms with Crippen LogP contribution in [0.25, 0.3) is 0 Å². The molecule has 8 heteroatoms. The third-order valence-electron chi connectivity index (χ3n) is 8.10. The molecule has 208 valence electrons. The number of carbonyl (C=O) groups excluding carboxylic acids is 3. The molecule has 5 atom stereocenters. The fourth-order valence-electron chi connectivity index (χ4n) is 6.32. The Hall–Kier alpha value is -1.80. The molecule has 3 fully saturated rings. The van der Waals surface area contributed by atoms with Crippen LogP contribution in [0.1, 0.15) is 77.6 Å². The zero-order valence-electron chi connectivity index (χ0n) is 22.6. The highest BCUT2D eigenvalue weighted by atomic mass is 32.2. The number of ether oxygens (including phenoxy) is 1. The molecule has 3 aliphatic rings. The van der Waals surface area contributed by atoms with Gasteiger partial charge in [-0.05, 0) is 51.4 Å². The van der Waals surface area contributed by atoms with Gasteiger partial charge in [0.1, 0.15) is 6.04 Å². The summed E-state index contributed by atoms with van der Waals surface area (Å²) in [6.07, 6.45) is 13.0. The normalized spacial score (nSPS) is 27.8. The Kier molecular flexibility index (Phi) is 11.6. The Morgan fingerprint density at radius 2 is 1.95 bits per heavy atom. The van der Waals surface area contributed by atoms with Crippen molar-refractivity contribution in [2.45, 2.75) is 93.6 Å². The molecular formula is C29H46N2O5S. The van der Waals surface area contributed by atoms with Gasteiger partial charge in [0.25, 0.3) is 0 Å². The van der Waals surface area contributed by atoms with Crippen LogP contribution in [0.15, 0.2) is 25.3 Å². The van der Waals surface area contributed by atoms with Crippen LogP contribution < -0.4 is 0 Å². The molecule has 1 spiro atoms. The Bertz CT molecular complexity index is 820. The highest BCUT2D eigenvalue weighted by Crippen LogP contribution is 2.66. The van der Waals surface area contributed by atoms with Gasteiger partial charge in [-0.1, -0.05) is 38.3 Å². The summed E-state index contributed by atoms with van der Waals surface area (Å²) in [5.41, 5.74) is 0. The summed E-state index contributed by atoms with van der Waals surface area (Å²) in [6, 6.07) is -0.556. The van der Waals surface area contributed by atoms with Crippen molar-refractivity contribution in [2.75, 3.05) is 32.8 Å². The van der Waals surface area contributed by atoms with Crippen LogP contribution in [0.2, 0.25) is 0 Å². The van der Waals surface area contributed by atoms with Gasteiger partial charge in [0.15, 0.2) is 0 Å². The Morgan fingerprint density at radius 1 is 1.16 bits per heavy atom. The Balaban J connectivity index is 1.83. The van der Waals surface area contributed by atoms with Gasteiger partial charge in [-0.15, -0.1) is 24.9 Å². The van der Waals surface area contributed by atoms with Crippen molar-refractivity contribution in [2.24, 2.45) is 11.8 Å². The number of aliphatic hydroxyl groups excluding tert-OH is 1. The number of amides is 2. The Morgan fingerprint density at radius 3 is 2.65 bits per heavy atom. The third-order valence-corrected chi connectivity index (χ3v) is 10.1. The number of unbranched alkanes of at least 4 members (excludes halogenated alkanes) is 6. The maximum Gasteiger partial charge on any atom is 0.310 e. The van der Waals surface area contributed by atoms with Gasteiger partial charge >= 0.3 is 5.97 Å². The third kappa shape index (κ3) is 6.44. The zero-order chi connectivity index (χ0) is 26.8. The number of hydrogen-bond donors (Lipinski definition) is 1. The lowest BCUT2D eigenvalue weighted by Crippen LogP contribution is -2.55. The van der Waals surface area contributed by atoms with E-state index in [9.17, 15) is 14.4 Å². The summed E-state index contributed by atoms with van der Waals surface area (Å²) in [5, 5.41) is 9.14. The quantitative estimate of drug-likeness (QED) is 0.160. The number of carbonyl (C=O) groups is 3. The maximum atomic E-state index is 14.1. The molecular weight excluding hydrogens is 488 g/mol. The number of thioether (sulfide) groups is 1. The molecule has 1 N–H and O–H groups in total. The zero-order valence-corrected chi connectivity index (χ0v) is 23.4. The van der Waals surface area contributed by atoms with E-state index in [0.717, 1.165) is 70.6 Å². The number of fused-ring (bicyclic) bond motifs is 1. The van der Waals surface area contributed by atoms with Crippen molar-refractivity contribution in [1.29, 1.82) is 0 Å². The minimum Gasteiger partial charge on any atom is -0.465 e. The SMILES string of the molecule is C=CCCCCOC(=O)[C@@H]1[C@@H]2CCC3(S2)C(C(=O)N(CC=C)CCCC)N(CCCCCCO)C(=O)[C@H]13. The first kappa shape index (κ1) is 29.8. The van der Waals surface area contributed by atoms with E-state index in [0.29, 0.717) is 26.2 Å². The number of likely N-dealkylation sites (tertiary alicyclic amines) is 1. The van der Waals surface area contributed by atoms with Crippen molar-refractivity contribution >= 4 is 29.5 Å². The van der Waals surface area contributed by atoms with Gasteiger partial charge in [0.05, 0.1) is 23.2 Å². The second kappa shape index (κ2) is 14.4. The van der Waals surface area contributed by atoms with Crippen LogP contribution in [0.3, 0.4) is 0 Å². The molecule has 2 amide bonds. The monoisotopic (exact) mass is 534 g/mol. The van der Waals surface area contributed by atoms with Crippen molar-refractivity contribution < 1.29 is 24.2 Å². The Labute approximate surface area is 227 Å². The summed E-state index contributed by atoms with van der Waals surface area (Å²) in [4.78, 5) is 45.1. The molecule has 3 saturated heterocycles. The van der Waals surface area contributed by atoms with Gasteiger partial charge in [-0.2, -0.15) is 0 Å². The predicted molar refractivity (Wildman–Crippen MR) is 148 cm³/mol. The van der Waals surface area contributed by atoms with Crippen LogP contribution in [-0.2, 0) is 19.1 Å². The van der Waals surface area contributed by atoms with E-state index in [1.54, 1.807) is 22.7 Å². The molecule has 3 rings (SSSR count). The van der Waals surface area contributed by atoms with Crippen molar-refractivity contribution in [1.82, 2.24) is 9.80 Å². The second-order valence-electron chi connectivity index (χ2n) is 10.6. The fourth-order valence-corrected chi connectivity index (χ4v) is 8.52. The summed E-state index contributed by atoms with van der Waals surface area (Å²) >= 11 is 1.70. The number of esters is 1. The molecule has 0 radical (unpaired) electrons. The summed E-state index contributed by atoms with van der Waals surface area (Å²) < 4.78 is 5.12. The van der Waals surface area contributed by atoms with E-state index in [1.807, 2.05) is 11.0 Å². The van der Waals surface area contributed by atoms with E-state index in [1.165, 1.54) is 0 Å². The predicted octanol–water partition coefficient (Wildman–Crippen LogP) is 4.34. The largest absolute Gasteiger partial charge is 0.465 e. The molecule has 0 aromatic rings. The molecule has 3 aliphatic heterocycles. The van der Waals surface area contributed by atoms with Crippen LogP contribution >= 0.6 is 11.8 Å². The summed E-state index contributed by atoms with van der Waals surface area (Å²) in [7, 11) is 0. The number of nitrogens with zero attached hydrogens (tertiary/aromatic N) is 2. The van der Waals surface area contributed by atoms with Crippen LogP contribution in [0.4, 0.5) is 0 Å². The second-order valence-corrected chi connectivity index (χ2v) is 12.2. The van der Waals surface area contributed by atoms with Gasteiger partial charge in [-0.3, -0.25) is 14.4 Å². The van der Waals surface area contributed by atoms with Crippen molar-refractivity contribution in [3.63, 3.8) is 0 Å². The number of hydrogen-bond acceptors (Lipinski definition) is 6. The molecule has 0 aromatic heterocycles. The van der Waals surface area contributed by atoms with Crippen LogP contribution in [0, 0.1) is 11.8 Å². The van der Waals surface area contributed by atoms with Crippen LogP contribution in [-0.4, -0.2) is 81.6 Å². The molecule has 2 bridgehead atoms. The first-order valence-corrected chi connectivity index (χ1v) is 15.1. The van der Waals surface area contributed by atoms with Gasteiger partial charge < -0.3 is 19.6 Å². The average molecular weight is 535 g/mol. The van der Waals surface area contributed by atoms with E-state index in [4.69, 9.17) is 9.84 Å². The van der Waals surface area contributed by atoms with Gasteiger partial charge in [0, 0.05) is 31.5 Å². The molecule has 3 heterocycles. The van der Waals surface area contributed by atoms with E-state index in [2.05, 4.69) is 20.1 Å². The number of rotatable bonds is 18. The summed E-state index contributed by atoms with van der Waals surface area (Å²) in [6.45, 7) is 11.8. The van der Waals surface area contributed by atoms with Crippen molar-refractivity contribution in [3.8, 4) is 0 Å². The minimum atomic E-state index is -0.567. The maximum absolute atomic E-state index is 14.1. The first-order valence-electron chi connectivity index (χ1n) is 14.2. The minimum absolute atomic E-state index is 0.00819. The molecule has 7 nitrogen and oxygen atoms in total. The van der Waals surface area contributed by atoms with Crippen molar-refractivity contribution in [3.05, 3.63) is 25.3 Å². The molecule has 0 aliphatic carbocycles. The lowest BCUT2D eigenvalue weighted by atomic mass is 9.71. The molecule has 2 unspecified atom stereocenters. The molecule has 0 saturated carbocycles.